The molecule has 2 heterocycles. The first-order valence-corrected chi connectivity index (χ1v) is 22.1. The molecule has 20 heteroatoms. The molecule has 2 aliphatic heterocycles. The second-order valence-electron chi connectivity index (χ2n) is 15.8. The second-order valence-corrected chi connectivity index (χ2v) is 15.8. The number of nitrogens with two attached hydrogens (primary N) is 3. The number of hydrogen-bond acceptors (Lipinski definition) is 14. The van der Waals surface area contributed by atoms with E-state index in [4.69, 9.17) is 60.9 Å². The van der Waals surface area contributed by atoms with Gasteiger partial charge < -0.3 is 71.6 Å². The van der Waals surface area contributed by atoms with Crippen molar-refractivity contribution < 1.29 is 58.1 Å². The summed E-state index contributed by atoms with van der Waals surface area (Å²) >= 11 is 0. The minimum Gasteiger partial charge on any atom is -0.490 e. The van der Waals surface area contributed by atoms with Crippen molar-refractivity contribution >= 4 is 35.4 Å². The Hall–Kier alpha value is -6.32. The fourth-order valence-electron chi connectivity index (χ4n) is 6.87. The molecular formula is C47H66N8O12. The number of methoxy groups -OCH3 is 3. The lowest BCUT2D eigenvalue weighted by molar-refractivity contribution is -0.151. The number of nitrogens with one attached hydrogen (secondary N) is 2. The number of rotatable bonds is 23. The summed E-state index contributed by atoms with van der Waals surface area (Å²) in [7, 11) is 4.01. The first-order chi connectivity index (χ1) is 32.3. The van der Waals surface area contributed by atoms with Gasteiger partial charge in [-0.05, 0) is 105 Å². The summed E-state index contributed by atoms with van der Waals surface area (Å²) in [5.41, 5.74) is 20.5. The summed E-state index contributed by atoms with van der Waals surface area (Å²) in [6, 6.07) is 21.9. The van der Waals surface area contributed by atoms with Crippen molar-refractivity contribution in [2.75, 3.05) is 73.9 Å². The van der Waals surface area contributed by atoms with E-state index < -0.39 is 36.2 Å². The molecule has 20 nitrogen and oxygen atoms in total. The maximum absolute atomic E-state index is 10.8. The number of fused-ring (bicyclic) bond motifs is 1. The summed E-state index contributed by atoms with van der Waals surface area (Å²) in [4.78, 5) is 45.9. The number of ether oxygens (including phenoxy) is 6. The molecule has 366 valence electrons. The summed E-state index contributed by atoms with van der Waals surface area (Å²) < 4.78 is 30.6. The average molecular weight is 935 g/mol. The first kappa shape index (κ1) is 53.3. The molecule has 0 spiro atoms. The van der Waals surface area contributed by atoms with E-state index in [9.17, 15) is 14.4 Å². The van der Waals surface area contributed by atoms with Crippen LogP contribution in [-0.4, -0.2) is 155 Å². The molecule has 0 bridgehead atoms. The average Bonchev–Trinajstić information content (AvgIpc) is 3.71. The van der Waals surface area contributed by atoms with Crippen molar-refractivity contribution in [2.45, 2.75) is 63.0 Å². The molecule has 0 amide bonds. The second kappa shape index (κ2) is 28.0. The Bertz CT molecular complexity index is 1990. The van der Waals surface area contributed by atoms with Gasteiger partial charge in [-0.3, -0.25) is 15.0 Å². The molecule has 1 aliphatic carbocycles. The fourth-order valence-corrected chi connectivity index (χ4v) is 6.87. The lowest BCUT2D eigenvalue weighted by Crippen LogP contribution is -2.31. The number of aliphatic carboxylic acids is 3. The Morgan fingerprint density at radius 1 is 0.597 bits per heavy atom. The van der Waals surface area contributed by atoms with E-state index in [0.717, 1.165) is 68.6 Å². The molecule has 11 N–H and O–H groups in total. The molecule has 6 atom stereocenters. The monoisotopic (exact) mass is 934 g/mol. The quantitative estimate of drug-likeness (QED) is 0.0385. The Balaban J connectivity index is 0.000000220. The highest BCUT2D eigenvalue weighted by Crippen LogP contribution is 2.44. The Morgan fingerprint density at radius 2 is 0.970 bits per heavy atom. The minimum absolute atomic E-state index is 0.0484. The van der Waals surface area contributed by atoms with Crippen molar-refractivity contribution in [3.05, 3.63) is 89.5 Å². The predicted molar refractivity (Wildman–Crippen MR) is 253 cm³/mol. The zero-order chi connectivity index (χ0) is 48.7. The lowest BCUT2D eigenvalue weighted by Gasteiger charge is -2.19. The van der Waals surface area contributed by atoms with E-state index in [2.05, 4.69) is 32.5 Å². The fraction of sp³-hybridized carbons (Fsp3) is 0.489. The zero-order valence-corrected chi connectivity index (χ0v) is 38.5. The minimum atomic E-state index is -1.05. The molecule has 1 unspecified atom stereocenters. The molecule has 3 aromatic carbocycles. The van der Waals surface area contributed by atoms with Crippen LogP contribution in [0.5, 0.6) is 17.2 Å². The third kappa shape index (κ3) is 17.8. The number of piperidine rings is 2. The Kier molecular flexibility index (Phi) is 22.3. The normalized spacial score (nSPS) is 19.5. The van der Waals surface area contributed by atoms with Crippen LogP contribution >= 0.6 is 0 Å². The van der Waals surface area contributed by atoms with Gasteiger partial charge >= 0.3 is 17.9 Å². The maximum atomic E-state index is 10.8. The Labute approximate surface area is 390 Å². The molecule has 67 heavy (non-hydrogen) atoms. The van der Waals surface area contributed by atoms with E-state index in [1.807, 2.05) is 24.3 Å². The van der Waals surface area contributed by atoms with Crippen LogP contribution < -0.4 is 42.0 Å². The van der Waals surface area contributed by atoms with Gasteiger partial charge in [-0.1, -0.05) is 13.3 Å². The molecular weight excluding hydrogens is 869 g/mol. The first-order valence-electron chi connectivity index (χ1n) is 22.1. The highest BCUT2D eigenvalue weighted by molar-refractivity contribution is 5.98. The number of amidine groups is 3. The van der Waals surface area contributed by atoms with Crippen molar-refractivity contribution in [1.29, 1.82) is 0 Å². The third-order valence-electron chi connectivity index (χ3n) is 11.1. The summed E-state index contributed by atoms with van der Waals surface area (Å²) in [5, 5.41) is 33.2. The number of aliphatic imine (C=N–C) groups is 3. The number of benzene rings is 3. The predicted octanol–water partition coefficient (Wildman–Crippen LogP) is 2.38. The number of carboxylic acid groups (broad SMARTS) is 3. The van der Waals surface area contributed by atoms with E-state index >= 15 is 0 Å². The zero-order valence-electron chi connectivity index (χ0n) is 38.5. The van der Waals surface area contributed by atoms with Gasteiger partial charge in [0.2, 0.25) is 0 Å². The van der Waals surface area contributed by atoms with Crippen LogP contribution in [0.25, 0.3) is 0 Å². The summed E-state index contributed by atoms with van der Waals surface area (Å²) in [5.74, 6) is 1.35. The van der Waals surface area contributed by atoms with Gasteiger partial charge in [0.25, 0.3) is 0 Å². The van der Waals surface area contributed by atoms with Crippen molar-refractivity contribution in [3.63, 3.8) is 0 Å². The smallest absolute Gasteiger partial charge is 0.336 e. The van der Waals surface area contributed by atoms with Crippen molar-refractivity contribution in [2.24, 2.45) is 44.0 Å². The lowest BCUT2D eigenvalue weighted by atomic mass is 10.1. The number of unbranched alkanes of at least 4 members (excludes halogenated alkanes) is 1. The summed E-state index contributed by atoms with van der Waals surface area (Å²) in [6.07, 6.45) is 1.13. The van der Waals surface area contributed by atoms with Crippen LogP contribution in [0, 0.1) is 11.8 Å². The van der Waals surface area contributed by atoms with Gasteiger partial charge in [0.1, 0.15) is 54.6 Å². The molecule has 3 aromatic rings. The van der Waals surface area contributed by atoms with Gasteiger partial charge in [0.05, 0.1) is 12.1 Å². The third-order valence-corrected chi connectivity index (χ3v) is 11.1. The highest BCUT2D eigenvalue weighted by atomic mass is 16.6. The molecule has 0 radical (unpaired) electrons. The SMILES string of the molecule is CCCCN=C(N)c1ccc(OC[C@H](OC)C(=O)O)cc1.CO[C@@H](COc1ccc(C(N)=NC2CCNCC2)cc1)C(=O)O.CO[C@@H](COc1ccc(C(N)=NC2[C@H]3CNC[C@@H]23)cc1)C(=O)O. The molecule has 6 rings (SSSR count). The standard InChI is InChI=1S/C16H21N3O4.C16H23N3O4.C15H22N2O4/c1-22-13(16(20)21)8-23-10-4-2-9(3-5-10)15(17)19-14-11-6-18-7-12(11)14;1-22-14(16(20)21)10-23-13-4-2-11(3-5-13)15(17)19-12-6-8-18-9-7-12;1-3-4-9-17-14(16)11-5-7-12(8-6-11)21-10-13(20-2)15(18)19/h2-5,11-14,18H,6-8H2,1H3,(H2,17,19)(H,20,21);2-5,12,14,18H,6-10H2,1H3,(H2,17,19)(H,20,21);5-8,13H,3-4,9-10H2,1-2H3,(H2,16,17)(H,18,19)/t11-,12+,13-,14?;14-;13-/m000/s1. The van der Waals surface area contributed by atoms with Crippen LogP contribution in [-0.2, 0) is 28.6 Å². The van der Waals surface area contributed by atoms with Gasteiger partial charge in [0, 0.05) is 69.5 Å². The number of carbonyl (C=O) groups is 3. The van der Waals surface area contributed by atoms with Crippen LogP contribution in [0.1, 0.15) is 49.3 Å². The number of carboxylic acids is 3. The van der Waals surface area contributed by atoms with Crippen molar-refractivity contribution in [3.8, 4) is 17.2 Å². The van der Waals surface area contributed by atoms with Crippen molar-refractivity contribution in [1.82, 2.24) is 10.6 Å². The molecule has 3 fully saturated rings. The van der Waals surface area contributed by atoms with Gasteiger partial charge in [-0.15, -0.1) is 0 Å². The van der Waals surface area contributed by atoms with Crippen LogP contribution in [0.15, 0.2) is 87.8 Å². The molecule has 1 saturated carbocycles. The topological polar surface area (TPSA) is 306 Å². The van der Waals surface area contributed by atoms with Gasteiger partial charge in [0.15, 0.2) is 18.3 Å². The largest absolute Gasteiger partial charge is 0.490 e. The van der Waals surface area contributed by atoms with E-state index in [0.29, 0.717) is 59.2 Å². The Morgan fingerprint density at radius 3 is 1.33 bits per heavy atom. The molecule has 3 aliphatic rings. The van der Waals surface area contributed by atoms with E-state index in [1.165, 1.54) is 21.3 Å². The number of hydrogen-bond donors (Lipinski definition) is 8. The van der Waals surface area contributed by atoms with E-state index in [1.54, 1.807) is 48.5 Å². The van der Waals surface area contributed by atoms with Crippen LogP contribution in [0.4, 0.5) is 0 Å². The van der Waals surface area contributed by atoms with Gasteiger partial charge in [-0.2, -0.15) is 0 Å². The molecule has 0 aromatic heterocycles. The number of nitrogens with zero attached hydrogens (tertiary/aromatic N) is 3. The summed E-state index contributed by atoms with van der Waals surface area (Å²) in [6.45, 7) is 6.67. The van der Waals surface area contributed by atoms with Crippen LogP contribution in [0.2, 0.25) is 0 Å². The maximum Gasteiger partial charge on any atom is 0.336 e. The van der Waals surface area contributed by atoms with Crippen LogP contribution in [0.3, 0.4) is 0 Å². The molecule has 2 saturated heterocycles. The van der Waals surface area contributed by atoms with Gasteiger partial charge in [-0.25, -0.2) is 14.4 Å². The highest BCUT2D eigenvalue weighted by Gasteiger charge is 2.53. The van der Waals surface area contributed by atoms with E-state index in [-0.39, 0.29) is 25.9 Å².